The number of ether oxygens (including phenoxy) is 2. The fraction of sp³-hybridized carbons (Fsp3) is 0.143. The van der Waals surface area contributed by atoms with Gasteiger partial charge in [0.1, 0.15) is 29.6 Å². The van der Waals surface area contributed by atoms with Gasteiger partial charge in [0.25, 0.3) is 0 Å². The van der Waals surface area contributed by atoms with Crippen molar-refractivity contribution in [3.8, 4) is 11.5 Å². The van der Waals surface area contributed by atoms with Crippen molar-refractivity contribution in [2.24, 2.45) is 7.05 Å². The topological polar surface area (TPSA) is 53.4 Å². The Hall–Kier alpha value is -3.12. The van der Waals surface area contributed by atoms with Gasteiger partial charge in [0, 0.05) is 18.8 Å². The highest BCUT2D eigenvalue weighted by Crippen LogP contribution is 2.28. The smallest absolute Gasteiger partial charge is 0.206 e. The Balaban J connectivity index is 1.75. The lowest BCUT2D eigenvalue weighted by Crippen LogP contribution is -2.00. The first-order valence-corrected chi connectivity index (χ1v) is 8.81. The van der Waals surface area contributed by atoms with Crippen LogP contribution in [0.15, 0.2) is 54.7 Å². The summed E-state index contributed by atoms with van der Waals surface area (Å²) in [5, 5.41) is 4.27. The minimum Gasteiger partial charge on any atom is -0.496 e. The highest BCUT2D eigenvalue weighted by Gasteiger charge is 2.09. The number of benzene rings is 2. The van der Waals surface area contributed by atoms with Crippen LogP contribution in [0, 0.1) is 5.82 Å². The number of aromatic nitrogens is 2. The third-order valence-electron chi connectivity index (χ3n) is 3.97. The normalized spacial score (nSPS) is 11.0. The van der Waals surface area contributed by atoms with Crippen molar-refractivity contribution in [3.05, 3.63) is 82.4 Å². The largest absolute Gasteiger partial charge is 0.496 e. The number of carbonyl (C=O) groups excluding carboxylic acids is 1. The molecule has 0 aliphatic heterocycles. The number of aryl methyl sites for hydroxylation is 1. The summed E-state index contributed by atoms with van der Waals surface area (Å²) in [5.74, 6) is 0.384. The number of carbonyl (C=O) groups is 1. The molecule has 144 valence electrons. The van der Waals surface area contributed by atoms with Gasteiger partial charge < -0.3 is 9.47 Å². The van der Waals surface area contributed by atoms with Gasteiger partial charge in [-0.2, -0.15) is 5.10 Å². The fourth-order valence-electron chi connectivity index (χ4n) is 2.57. The predicted octanol–water partition coefficient (Wildman–Crippen LogP) is 4.70. The molecule has 5 nitrogen and oxygen atoms in total. The van der Waals surface area contributed by atoms with Crippen LogP contribution in [0.1, 0.15) is 21.6 Å². The Morgan fingerprint density at radius 2 is 2.00 bits per heavy atom. The summed E-state index contributed by atoms with van der Waals surface area (Å²) in [7, 11) is 3.31. The molecule has 0 aliphatic rings. The molecular weight excluding hydrogens is 383 g/mol. The van der Waals surface area contributed by atoms with Crippen molar-refractivity contribution in [1.82, 2.24) is 9.78 Å². The molecular formula is C21H18ClFN2O3. The van der Waals surface area contributed by atoms with E-state index in [0.29, 0.717) is 17.2 Å². The molecule has 0 unspecified atom stereocenters. The van der Waals surface area contributed by atoms with Gasteiger partial charge in [-0.05, 0) is 48.0 Å². The molecule has 0 saturated heterocycles. The van der Waals surface area contributed by atoms with E-state index in [1.54, 1.807) is 43.2 Å². The Bertz CT molecular complexity index is 1030. The number of nitrogens with zero attached hydrogens (tertiary/aromatic N) is 2. The van der Waals surface area contributed by atoms with E-state index in [1.165, 1.54) is 24.3 Å². The van der Waals surface area contributed by atoms with E-state index in [9.17, 15) is 9.18 Å². The number of rotatable bonds is 7. The second kappa shape index (κ2) is 8.71. The van der Waals surface area contributed by atoms with Crippen molar-refractivity contribution in [3.63, 3.8) is 0 Å². The number of ketones is 1. The molecule has 2 aromatic carbocycles. The van der Waals surface area contributed by atoms with Crippen molar-refractivity contribution >= 4 is 23.5 Å². The Labute approximate surface area is 167 Å². The third-order valence-corrected chi connectivity index (χ3v) is 4.27. The summed E-state index contributed by atoms with van der Waals surface area (Å²) in [4.78, 5) is 12.2. The van der Waals surface area contributed by atoms with Gasteiger partial charge in [-0.3, -0.25) is 9.48 Å². The van der Waals surface area contributed by atoms with Crippen LogP contribution in [0.3, 0.4) is 0 Å². The second-order valence-corrected chi connectivity index (χ2v) is 6.41. The van der Waals surface area contributed by atoms with E-state index in [4.69, 9.17) is 21.1 Å². The molecule has 0 radical (unpaired) electrons. The van der Waals surface area contributed by atoms with Crippen LogP contribution in [0.2, 0.25) is 5.02 Å². The standard InChI is InChI=1S/C21H18ClFN2O3/c1-25-10-9-18(24-25)19(26)6-3-14-4-7-20(27-2)15(11-14)13-28-21-8-5-16(23)12-17(21)22/h3-12H,13H2,1-2H3/b6-3+. The SMILES string of the molecule is COc1ccc(/C=C/C(=O)c2ccn(C)n2)cc1COc1ccc(F)cc1Cl. The average molecular weight is 401 g/mol. The van der Waals surface area contributed by atoms with E-state index >= 15 is 0 Å². The van der Waals surface area contributed by atoms with Crippen LogP contribution in [0.25, 0.3) is 6.08 Å². The van der Waals surface area contributed by atoms with Gasteiger partial charge in [-0.25, -0.2) is 4.39 Å². The zero-order valence-corrected chi connectivity index (χ0v) is 16.1. The molecule has 3 aromatic rings. The molecule has 0 spiro atoms. The molecule has 0 saturated carbocycles. The molecule has 3 rings (SSSR count). The number of allylic oxidation sites excluding steroid dienone is 1. The summed E-state index contributed by atoms with van der Waals surface area (Å²) in [5.41, 5.74) is 1.94. The average Bonchev–Trinajstić information content (AvgIpc) is 3.12. The minimum absolute atomic E-state index is 0.171. The highest BCUT2D eigenvalue weighted by atomic mass is 35.5. The maximum atomic E-state index is 13.2. The summed E-state index contributed by atoms with van der Waals surface area (Å²) < 4.78 is 25.8. The number of methoxy groups -OCH3 is 1. The van der Waals surface area contributed by atoms with Crippen LogP contribution < -0.4 is 9.47 Å². The molecule has 1 heterocycles. The highest BCUT2D eigenvalue weighted by molar-refractivity contribution is 6.32. The van der Waals surface area contributed by atoms with Gasteiger partial charge in [0.05, 0.1) is 12.1 Å². The molecule has 1 aromatic heterocycles. The zero-order valence-electron chi connectivity index (χ0n) is 15.4. The second-order valence-electron chi connectivity index (χ2n) is 6.01. The van der Waals surface area contributed by atoms with Crippen molar-refractivity contribution < 1.29 is 18.7 Å². The predicted molar refractivity (Wildman–Crippen MR) is 105 cm³/mol. The quantitative estimate of drug-likeness (QED) is 0.426. The van der Waals surface area contributed by atoms with E-state index in [0.717, 1.165) is 11.1 Å². The van der Waals surface area contributed by atoms with E-state index in [-0.39, 0.29) is 17.4 Å². The van der Waals surface area contributed by atoms with Gasteiger partial charge in [-0.1, -0.05) is 23.7 Å². The molecule has 0 N–H and O–H groups in total. The number of halogens is 2. The van der Waals surface area contributed by atoms with Crippen LogP contribution in [0.4, 0.5) is 4.39 Å². The van der Waals surface area contributed by atoms with Crippen molar-refractivity contribution in [2.45, 2.75) is 6.61 Å². The maximum absolute atomic E-state index is 13.2. The zero-order chi connectivity index (χ0) is 20.1. The first-order chi connectivity index (χ1) is 13.5. The van der Waals surface area contributed by atoms with Gasteiger partial charge in [0.2, 0.25) is 5.78 Å². The lowest BCUT2D eigenvalue weighted by Gasteiger charge is -2.12. The van der Waals surface area contributed by atoms with E-state index in [1.807, 2.05) is 12.1 Å². The first kappa shape index (κ1) is 19.6. The summed E-state index contributed by atoms with van der Waals surface area (Å²) in [6, 6.07) is 11.1. The van der Waals surface area contributed by atoms with E-state index in [2.05, 4.69) is 5.10 Å². The third kappa shape index (κ3) is 4.78. The summed E-state index contributed by atoms with van der Waals surface area (Å²) in [6.07, 6.45) is 4.88. The fourth-order valence-corrected chi connectivity index (χ4v) is 2.79. The monoisotopic (exact) mass is 400 g/mol. The Morgan fingerprint density at radius 3 is 2.68 bits per heavy atom. The molecule has 0 aliphatic carbocycles. The molecule has 0 bridgehead atoms. The van der Waals surface area contributed by atoms with Gasteiger partial charge in [-0.15, -0.1) is 0 Å². The van der Waals surface area contributed by atoms with Crippen LogP contribution in [-0.2, 0) is 13.7 Å². The van der Waals surface area contributed by atoms with Crippen LogP contribution in [0.5, 0.6) is 11.5 Å². The summed E-state index contributed by atoms with van der Waals surface area (Å²) >= 11 is 5.99. The Morgan fingerprint density at radius 1 is 1.21 bits per heavy atom. The lowest BCUT2D eigenvalue weighted by molar-refractivity contribution is 0.104. The molecule has 0 amide bonds. The molecule has 28 heavy (non-hydrogen) atoms. The molecule has 7 heteroatoms. The minimum atomic E-state index is -0.431. The van der Waals surface area contributed by atoms with Gasteiger partial charge in [0.15, 0.2) is 0 Å². The lowest BCUT2D eigenvalue weighted by atomic mass is 10.1. The van der Waals surface area contributed by atoms with Crippen LogP contribution >= 0.6 is 11.6 Å². The number of hydrogen-bond donors (Lipinski definition) is 0. The number of hydrogen-bond acceptors (Lipinski definition) is 4. The van der Waals surface area contributed by atoms with Gasteiger partial charge >= 0.3 is 0 Å². The maximum Gasteiger partial charge on any atom is 0.206 e. The van der Waals surface area contributed by atoms with Crippen LogP contribution in [-0.4, -0.2) is 22.7 Å². The van der Waals surface area contributed by atoms with Crippen molar-refractivity contribution in [2.75, 3.05) is 7.11 Å². The first-order valence-electron chi connectivity index (χ1n) is 8.43. The van der Waals surface area contributed by atoms with Crippen molar-refractivity contribution in [1.29, 1.82) is 0 Å². The van der Waals surface area contributed by atoms with E-state index < -0.39 is 5.82 Å². The Kier molecular flexibility index (Phi) is 6.11. The summed E-state index contributed by atoms with van der Waals surface area (Å²) in [6.45, 7) is 0.171. The molecule has 0 atom stereocenters. The molecule has 0 fully saturated rings.